The molecule has 3 aromatic rings. The standard InChI is InChI=1S/C13H8ClNOSe/c14-9-5-7-10(8-6-9)15-13(16)11-3-1-2-4-12(11)17-15/h1-8H. The Hall–Kier alpha value is -1.28. The summed E-state index contributed by atoms with van der Waals surface area (Å²) in [7, 11) is 0. The minimum absolute atomic E-state index is 0.0293. The summed E-state index contributed by atoms with van der Waals surface area (Å²) in [6.45, 7) is 0. The van der Waals surface area contributed by atoms with Crippen molar-refractivity contribution in [1.82, 2.24) is 3.56 Å². The molecule has 0 N–H and O–H groups in total. The maximum absolute atomic E-state index is 12.2. The van der Waals surface area contributed by atoms with E-state index in [1.807, 2.05) is 52.1 Å². The van der Waals surface area contributed by atoms with Crippen LogP contribution in [0.2, 0.25) is 5.02 Å². The first-order valence-corrected chi connectivity index (χ1v) is 7.13. The van der Waals surface area contributed by atoms with Crippen molar-refractivity contribution in [3.63, 3.8) is 0 Å². The summed E-state index contributed by atoms with van der Waals surface area (Å²) in [5.74, 6) is 0. The van der Waals surface area contributed by atoms with Gasteiger partial charge in [0.2, 0.25) is 0 Å². The number of hydrogen-bond donors (Lipinski definition) is 0. The summed E-state index contributed by atoms with van der Waals surface area (Å²) in [4.78, 5) is 12.2. The summed E-state index contributed by atoms with van der Waals surface area (Å²) >= 11 is 5.87. The molecule has 0 amide bonds. The molecule has 0 aliphatic carbocycles. The van der Waals surface area contributed by atoms with Crippen LogP contribution < -0.4 is 5.56 Å². The third-order valence-corrected chi connectivity index (χ3v) is 5.14. The predicted molar refractivity (Wildman–Crippen MR) is 71.5 cm³/mol. The molecule has 1 aromatic heterocycles. The number of hydrogen-bond acceptors (Lipinski definition) is 1. The second kappa shape index (κ2) is 4.19. The van der Waals surface area contributed by atoms with Crippen LogP contribution in [0.15, 0.2) is 53.3 Å². The zero-order valence-electron chi connectivity index (χ0n) is 8.76. The summed E-state index contributed by atoms with van der Waals surface area (Å²) in [5.41, 5.74) is 0.999. The summed E-state index contributed by atoms with van der Waals surface area (Å²) in [6.07, 6.45) is 0. The van der Waals surface area contributed by atoms with Gasteiger partial charge in [-0.15, -0.1) is 0 Å². The maximum atomic E-state index is 12.2. The van der Waals surface area contributed by atoms with Gasteiger partial charge in [-0.05, 0) is 0 Å². The van der Waals surface area contributed by atoms with E-state index in [1.54, 1.807) is 0 Å². The number of benzene rings is 2. The Morgan fingerprint density at radius 3 is 2.41 bits per heavy atom. The van der Waals surface area contributed by atoms with Gasteiger partial charge in [0.15, 0.2) is 0 Å². The second-order valence-corrected chi connectivity index (χ2v) is 6.17. The fraction of sp³-hybridized carbons (Fsp3) is 0. The van der Waals surface area contributed by atoms with E-state index in [0.29, 0.717) is 5.02 Å². The average molecular weight is 309 g/mol. The number of fused-ring (bicyclic) bond motifs is 1. The third kappa shape index (κ3) is 1.87. The molecule has 0 atom stereocenters. The Morgan fingerprint density at radius 2 is 1.71 bits per heavy atom. The van der Waals surface area contributed by atoms with E-state index in [0.717, 1.165) is 15.3 Å². The van der Waals surface area contributed by atoms with Gasteiger partial charge in [0.1, 0.15) is 0 Å². The van der Waals surface area contributed by atoms with Gasteiger partial charge in [-0.1, -0.05) is 0 Å². The van der Waals surface area contributed by atoms with Crippen molar-refractivity contribution in [1.29, 1.82) is 0 Å². The Morgan fingerprint density at radius 1 is 1.00 bits per heavy atom. The zero-order valence-corrected chi connectivity index (χ0v) is 11.2. The Balaban J connectivity index is 2.27. The molecule has 1 heterocycles. The third-order valence-electron chi connectivity index (χ3n) is 2.55. The van der Waals surface area contributed by atoms with Crippen LogP contribution in [-0.2, 0) is 0 Å². The van der Waals surface area contributed by atoms with Crippen molar-refractivity contribution in [3.8, 4) is 5.69 Å². The molecule has 84 valence electrons. The van der Waals surface area contributed by atoms with Crippen molar-refractivity contribution < 1.29 is 0 Å². The number of nitrogens with zero attached hydrogens (tertiary/aromatic N) is 1. The van der Waals surface area contributed by atoms with Crippen LogP contribution in [0.25, 0.3) is 15.3 Å². The fourth-order valence-electron chi connectivity index (χ4n) is 1.72. The van der Waals surface area contributed by atoms with Gasteiger partial charge in [-0.2, -0.15) is 0 Å². The molecule has 0 aliphatic heterocycles. The van der Waals surface area contributed by atoms with Crippen molar-refractivity contribution in [2.45, 2.75) is 0 Å². The van der Waals surface area contributed by atoms with Gasteiger partial charge >= 0.3 is 109 Å². The summed E-state index contributed by atoms with van der Waals surface area (Å²) < 4.78 is 2.97. The van der Waals surface area contributed by atoms with E-state index in [9.17, 15) is 4.79 Å². The van der Waals surface area contributed by atoms with Gasteiger partial charge in [0.25, 0.3) is 0 Å². The van der Waals surface area contributed by atoms with Crippen molar-refractivity contribution in [2.75, 3.05) is 0 Å². The van der Waals surface area contributed by atoms with E-state index in [1.165, 1.54) is 0 Å². The average Bonchev–Trinajstić information content (AvgIpc) is 2.69. The fourth-order valence-corrected chi connectivity index (χ4v) is 3.94. The molecule has 0 aliphatic rings. The molecule has 17 heavy (non-hydrogen) atoms. The van der Waals surface area contributed by atoms with Gasteiger partial charge in [-0.3, -0.25) is 0 Å². The van der Waals surface area contributed by atoms with Crippen molar-refractivity contribution >= 4 is 36.0 Å². The molecular weight excluding hydrogens is 301 g/mol. The van der Waals surface area contributed by atoms with Crippen LogP contribution in [0, 0.1) is 0 Å². The summed E-state index contributed by atoms with van der Waals surface area (Å²) in [6, 6.07) is 15.2. The topological polar surface area (TPSA) is 22.0 Å². The quantitative estimate of drug-likeness (QED) is 0.634. The first-order chi connectivity index (χ1) is 8.25. The predicted octanol–water partition coefficient (Wildman–Crippen LogP) is 2.70. The molecule has 0 saturated heterocycles. The van der Waals surface area contributed by atoms with Crippen LogP contribution in [0.4, 0.5) is 0 Å². The van der Waals surface area contributed by atoms with E-state index in [2.05, 4.69) is 0 Å². The van der Waals surface area contributed by atoms with E-state index < -0.39 is 0 Å². The van der Waals surface area contributed by atoms with Gasteiger partial charge in [0.05, 0.1) is 0 Å². The molecule has 4 heteroatoms. The van der Waals surface area contributed by atoms with Gasteiger partial charge in [-0.25, -0.2) is 0 Å². The molecule has 0 radical (unpaired) electrons. The minimum atomic E-state index is 0.0293. The van der Waals surface area contributed by atoms with Gasteiger partial charge < -0.3 is 0 Å². The first-order valence-electron chi connectivity index (χ1n) is 5.13. The molecule has 0 fully saturated rings. The molecule has 0 bridgehead atoms. The SMILES string of the molecule is O=c1c2ccccc2[se]n1-c1ccc(Cl)cc1. The molecule has 0 spiro atoms. The molecule has 3 rings (SSSR count). The monoisotopic (exact) mass is 309 g/mol. The molecule has 0 unspecified atom stereocenters. The van der Waals surface area contributed by atoms with E-state index >= 15 is 0 Å². The number of rotatable bonds is 1. The van der Waals surface area contributed by atoms with Crippen LogP contribution in [0.3, 0.4) is 0 Å². The second-order valence-electron chi connectivity index (χ2n) is 3.66. The first kappa shape index (κ1) is 10.8. The van der Waals surface area contributed by atoms with Crippen LogP contribution in [0.5, 0.6) is 0 Å². The number of halogens is 1. The Bertz CT molecular complexity index is 727. The van der Waals surface area contributed by atoms with Crippen molar-refractivity contribution in [2.24, 2.45) is 0 Å². The Kier molecular flexibility index (Phi) is 2.67. The van der Waals surface area contributed by atoms with E-state index in [-0.39, 0.29) is 20.3 Å². The van der Waals surface area contributed by atoms with Crippen LogP contribution >= 0.6 is 11.6 Å². The van der Waals surface area contributed by atoms with Crippen molar-refractivity contribution in [3.05, 3.63) is 63.9 Å². The molecule has 2 aromatic carbocycles. The van der Waals surface area contributed by atoms with Crippen LogP contribution in [0.1, 0.15) is 0 Å². The normalized spacial score (nSPS) is 10.9. The molecule has 2 nitrogen and oxygen atoms in total. The summed E-state index contributed by atoms with van der Waals surface area (Å²) in [5, 5.41) is 1.51. The van der Waals surface area contributed by atoms with Crippen LogP contribution in [-0.4, -0.2) is 18.3 Å². The number of aromatic nitrogens is 1. The van der Waals surface area contributed by atoms with E-state index in [4.69, 9.17) is 11.6 Å². The molecular formula is C13H8ClNOSe. The molecule has 0 saturated carbocycles. The van der Waals surface area contributed by atoms with Gasteiger partial charge in [0, 0.05) is 0 Å². The zero-order chi connectivity index (χ0) is 11.8. The Labute approximate surface area is 109 Å².